The highest BCUT2D eigenvalue weighted by Gasteiger charge is 2.25. The molecule has 1 fully saturated rings. The van der Waals surface area contributed by atoms with Crippen LogP contribution < -0.4 is 5.32 Å². The Bertz CT molecular complexity index is 577. The van der Waals surface area contributed by atoms with Crippen molar-refractivity contribution in [3.05, 3.63) is 56.4 Å². The van der Waals surface area contributed by atoms with E-state index in [1.807, 2.05) is 6.07 Å². The first-order chi connectivity index (χ1) is 9.75. The van der Waals surface area contributed by atoms with Crippen LogP contribution in [0, 0.1) is 5.82 Å². The minimum atomic E-state index is -0.195. The second-order valence-electron chi connectivity index (χ2n) is 4.88. The SMILES string of the molecule is Cl.Cl.Fc1cc([C@@H](c2cccs2)N2CCNCC2)ccc1Br. The van der Waals surface area contributed by atoms with Gasteiger partial charge in [-0.3, -0.25) is 4.90 Å². The molecule has 2 aromatic rings. The zero-order valence-corrected chi connectivity index (χ0v) is 15.8. The lowest BCUT2D eigenvalue weighted by atomic mass is 10.0. The summed E-state index contributed by atoms with van der Waals surface area (Å²) >= 11 is 4.96. The summed E-state index contributed by atoms with van der Waals surface area (Å²) in [6.07, 6.45) is 0. The maximum absolute atomic E-state index is 13.9. The van der Waals surface area contributed by atoms with Crippen molar-refractivity contribution in [2.24, 2.45) is 0 Å². The van der Waals surface area contributed by atoms with E-state index in [4.69, 9.17) is 0 Å². The molecule has 122 valence electrons. The molecule has 1 aromatic heterocycles. The number of halogens is 4. The Morgan fingerprint density at radius 2 is 1.91 bits per heavy atom. The maximum Gasteiger partial charge on any atom is 0.137 e. The van der Waals surface area contributed by atoms with Gasteiger partial charge in [-0.2, -0.15) is 0 Å². The molecule has 0 saturated carbocycles. The van der Waals surface area contributed by atoms with Crippen molar-refractivity contribution >= 4 is 52.1 Å². The molecule has 0 bridgehead atoms. The van der Waals surface area contributed by atoms with Crippen LogP contribution in [0.25, 0.3) is 0 Å². The zero-order chi connectivity index (χ0) is 13.9. The molecule has 2 heterocycles. The summed E-state index contributed by atoms with van der Waals surface area (Å²) in [5.41, 5.74) is 1.02. The largest absolute Gasteiger partial charge is 0.314 e. The highest BCUT2D eigenvalue weighted by molar-refractivity contribution is 9.10. The fourth-order valence-electron chi connectivity index (χ4n) is 2.62. The molecule has 1 aromatic carbocycles. The second-order valence-corrected chi connectivity index (χ2v) is 6.71. The summed E-state index contributed by atoms with van der Waals surface area (Å²) in [6.45, 7) is 3.95. The fraction of sp³-hybridized carbons (Fsp3) is 0.333. The molecule has 1 atom stereocenters. The topological polar surface area (TPSA) is 15.3 Å². The number of hydrogen-bond donors (Lipinski definition) is 1. The number of benzene rings is 1. The minimum Gasteiger partial charge on any atom is -0.314 e. The number of thiophene rings is 1. The first-order valence-electron chi connectivity index (χ1n) is 6.69. The van der Waals surface area contributed by atoms with E-state index in [2.05, 4.69) is 43.7 Å². The molecule has 7 heteroatoms. The summed E-state index contributed by atoms with van der Waals surface area (Å²) in [4.78, 5) is 3.69. The summed E-state index contributed by atoms with van der Waals surface area (Å²) in [6, 6.07) is 9.81. The fourth-order valence-corrected chi connectivity index (χ4v) is 3.76. The van der Waals surface area contributed by atoms with E-state index >= 15 is 0 Å². The van der Waals surface area contributed by atoms with E-state index in [9.17, 15) is 4.39 Å². The lowest BCUT2D eigenvalue weighted by Crippen LogP contribution is -2.45. The highest BCUT2D eigenvalue weighted by atomic mass is 79.9. The van der Waals surface area contributed by atoms with E-state index in [0.29, 0.717) is 4.47 Å². The molecular weight excluding hydrogens is 410 g/mol. The molecule has 2 nitrogen and oxygen atoms in total. The predicted octanol–water partition coefficient (Wildman–Crippen LogP) is 4.49. The third kappa shape index (κ3) is 4.43. The molecule has 1 aliphatic heterocycles. The van der Waals surface area contributed by atoms with Crippen LogP contribution in [0.15, 0.2) is 40.2 Å². The predicted molar refractivity (Wildman–Crippen MR) is 99.2 cm³/mol. The Hall–Kier alpha value is -0.170. The van der Waals surface area contributed by atoms with Gasteiger partial charge in [0.1, 0.15) is 5.82 Å². The van der Waals surface area contributed by atoms with Crippen molar-refractivity contribution in [1.82, 2.24) is 10.2 Å². The van der Waals surface area contributed by atoms with Crippen molar-refractivity contribution in [2.45, 2.75) is 6.04 Å². The molecule has 22 heavy (non-hydrogen) atoms. The van der Waals surface area contributed by atoms with E-state index < -0.39 is 0 Å². The van der Waals surface area contributed by atoms with Crippen LogP contribution in [0.5, 0.6) is 0 Å². The molecule has 3 rings (SSSR count). The highest BCUT2D eigenvalue weighted by Crippen LogP contribution is 2.33. The Labute approximate surface area is 155 Å². The minimum absolute atomic E-state index is 0. The molecule has 0 aliphatic carbocycles. The van der Waals surface area contributed by atoms with E-state index in [1.165, 1.54) is 4.88 Å². The Balaban J connectivity index is 0.00000121. The smallest absolute Gasteiger partial charge is 0.137 e. The van der Waals surface area contributed by atoms with Gasteiger partial charge in [0.25, 0.3) is 0 Å². The summed E-state index contributed by atoms with van der Waals surface area (Å²) in [5, 5.41) is 5.45. The Morgan fingerprint density at radius 1 is 1.18 bits per heavy atom. The first-order valence-corrected chi connectivity index (χ1v) is 8.36. The van der Waals surface area contributed by atoms with Gasteiger partial charge in [0, 0.05) is 31.1 Å². The maximum atomic E-state index is 13.9. The van der Waals surface area contributed by atoms with Gasteiger partial charge in [-0.05, 0) is 45.1 Å². The summed E-state index contributed by atoms with van der Waals surface area (Å²) in [7, 11) is 0. The molecule has 1 aliphatic rings. The van der Waals surface area contributed by atoms with Gasteiger partial charge < -0.3 is 5.32 Å². The molecule has 0 radical (unpaired) electrons. The van der Waals surface area contributed by atoms with Gasteiger partial charge in [0.05, 0.1) is 10.5 Å². The van der Waals surface area contributed by atoms with E-state index in [0.717, 1.165) is 31.7 Å². The molecule has 1 N–H and O–H groups in total. The number of nitrogens with zero attached hydrogens (tertiary/aromatic N) is 1. The third-order valence-electron chi connectivity index (χ3n) is 3.59. The van der Waals surface area contributed by atoms with Gasteiger partial charge in [0.15, 0.2) is 0 Å². The lowest BCUT2D eigenvalue weighted by molar-refractivity contribution is 0.200. The second kappa shape index (κ2) is 9.21. The van der Waals surface area contributed by atoms with Crippen LogP contribution in [0.4, 0.5) is 4.39 Å². The van der Waals surface area contributed by atoms with Crippen LogP contribution in [-0.2, 0) is 0 Å². The number of nitrogens with one attached hydrogen (secondary N) is 1. The zero-order valence-electron chi connectivity index (χ0n) is 11.8. The van der Waals surface area contributed by atoms with Crippen molar-refractivity contribution in [1.29, 1.82) is 0 Å². The quantitative estimate of drug-likeness (QED) is 0.776. The van der Waals surface area contributed by atoms with Crippen LogP contribution in [0.3, 0.4) is 0 Å². The lowest BCUT2D eigenvalue weighted by Gasteiger charge is -2.34. The van der Waals surface area contributed by atoms with Gasteiger partial charge >= 0.3 is 0 Å². The Morgan fingerprint density at radius 3 is 2.50 bits per heavy atom. The van der Waals surface area contributed by atoms with Gasteiger partial charge in [-0.25, -0.2) is 4.39 Å². The molecular formula is C15H18BrCl2FN2S. The average Bonchev–Trinajstić information content (AvgIpc) is 2.98. The van der Waals surface area contributed by atoms with Crippen molar-refractivity contribution < 1.29 is 4.39 Å². The number of piperazine rings is 1. The Kier molecular flexibility index (Phi) is 8.32. The average molecular weight is 428 g/mol. The molecule has 0 spiro atoms. The molecule has 1 saturated heterocycles. The monoisotopic (exact) mass is 426 g/mol. The van der Waals surface area contributed by atoms with Crippen LogP contribution in [0.2, 0.25) is 0 Å². The van der Waals surface area contributed by atoms with Crippen molar-refractivity contribution in [3.8, 4) is 0 Å². The van der Waals surface area contributed by atoms with Gasteiger partial charge in [-0.1, -0.05) is 12.1 Å². The standard InChI is InChI=1S/C15H16BrFN2S.2ClH/c16-12-4-3-11(10-13(12)17)15(14-2-1-9-20-14)19-7-5-18-6-8-19;;/h1-4,9-10,15,18H,5-8H2;2*1H/t15-;;/m0../s1. The normalized spacial score (nSPS) is 16.5. The molecule has 0 amide bonds. The summed E-state index contributed by atoms with van der Waals surface area (Å²) < 4.78 is 14.4. The number of hydrogen-bond acceptors (Lipinski definition) is 3. The van der Waals surface area contributed by atoms with Crippen LogP contribution in [-0.4, -0.2) is 31.1 Å². The van der Waals surface area contributed by atoms with Crippen LogP contribution in [0.1, 0.15) is 16.5 Å². The van der Waals surface area contributed by atoms with Gasteiger partial charge in [-0.15, -0.1) is 36.2 Å². The molecule has 0 unspecified atom stereocenters. The number of rotatable bonds is 3. The van der Waals surface area contributed by atoms with Crippen molar-refractivity contribution in [2.75, 3.05) is 26.2 Å². The van der Waals surface area contributed by atoms with Gasteiger partial charge in [0.2, 0.25) is 0 Å². The van der Waals surface area contributed by atoms with Crippen molar-refractivity contribution in [3.63, 3.8) is 0 Å². The van der Waals surface area contributed by atoms with Crippen LogP contribution >= 0.6 is 52.1 Å². The van der Waals surface area contributed by atoms with E-state index in [1.54, 1.807) is 23.5 Å². The first kappa shape index (κ1) is 19.9. The van der Waals surface area contributed by atoms with E-state index in [-0.39, 0.29) is 36.7 Å². The third-order valence-corrected chi connectivity index (χ3v) is 5.16. The summed E-state index contributed by atoms with van der Waals surface area (Å²) in [5.74, 6) is -0.195.